The van der Waals surface area contributed by atoms with Crippen LogP contribution in [0.3, 0.4) is 0 Å². The molecule has 0 amide bonds. The van der Waals surface area contributed by atoms with Crippen LogP contribution in [0.1, 0.15) is 0 Å². The molecule has 0 aromatic heterocycles. The average molecular weight is 250 g/mol. The molecule has 9 heteroatoms. The Hall–Kier alpha value is 0.720. The van der Waals surface area contributed by atoms with Crippen LogP contribution in [0.2, 0.25) is 0 Å². The van der Waals surface area contributed by atoms with Crippen molar-refractivity contribution < 1.29 is 26.9 Å². The Balaban J connectivity index is 2.02. The Labute approximate surface area is 79.8 Å². The van der Waals surface area contributed by atoms with Gasteiger partial charge in [0.25, 0.3) is 0 Å². The van der Waals surface area contributed by atoms with Crippen molar-refractivity contribution in [2.45, 2.75) is 12.2 Å². The van der Waals surface area contributed by atoms with Gasteiger partial charge in [-0.15, -0.1) is 0 Å². The lowest BCUT2D eigenvalue weighted by atomic mass is 10.2. The Morgan fingerprint density at radius 1 is 1.46 bits per heavy atom. The van der Waals surface area contributed by atoms with E-state index in [1.807, 2.05) is 0 Å². The van der Waals surface area contributed by atoms with E-state index in [1.165, 1.54) is 0 Å². The summed E-state index contributed by atoms with van der Waals surface area (Å²) in [7, 11) is -2.36. The van der Waals surface area contributed by atoms with Gasteiger partial charge in [0.2, 0.25) is 0 Å². The highest BCUT2D eigenvalue weighted by Crippen LogP contribution is 2.60. The van der Waals surface area contributed by atoms with Crippen molar-refractivity contribution in [2.24, 2.45) is 0 Å². The molecule has 4 atom stereocenters. The lowest BCUT2D eigenvalue weighted by Crippen LogP contribution is -2.42. The molecule has 2 rings (SSSR count). The zero-order chi connectivity index (χ0) is 9.47. The van der Waals surface area contributed by atoms with Crippen molar-refractivity contribution in [3.05, 3.63) is 0 Å². The second-order valence-corrected chi connectivity index (χ2v) is 5.99. The van der Waals surface area contributed by atoms with Crippen LogP contribution in [0.5, 0.6) is 0 Å². The van der Waals surface area contributed by atoms with Crippen LogP contribution in [0, 0.1) is 0 Å². The maximum absolute atomic E-state index is 12.6. The summed E-state index contributed by atoms with van der Waals surface area (Å²) in [6.07, 6.45) is -1.18. The number of rotatable bonds is 0. The van der Waals surface area contributed by atoms with Gasteiger partial charge < -0.3 is 9.05 Å². The molecule has 0 saturated carbocycles. The molecule has 13 heavy (non-hydrogen) atoms. The van der Waals surface area contributed by atoms with E-state index in [4.69, 9.17) is 20.3 Å². The fraction of sp³-hybridized carbons (Fsp3) is 1.00. The van der Waals surface area contributed by atoms with Gasteiger partial charge in [0, 0.05) is 11.2 Å². The van der Waals surface area contributed by atoms with Crippen molar-refractivity contribution in [2.75, 3.05) is 13.2 Å². The van der Waals surface area contributed by atoms with E-state index in [0.717, 1.165) is 0 Å². The number of hydrogen-bond acceptors (Lipinski definition) is 5. The van der Waals surface area contributed by atoms with E-state index in [-0.39, 0.29) is 13.2 Å². The lowest BCUT2D eigenvalue weighted by Gasteiger charge is -2.36. The maximum Gasteiger partial charge on any atom is 0.424 e. The normalized spacial score (nSPS) is 51.4. The van der Waals surface area contributed by atoms with Gasteiger partial charge in [0.05, 0.1) is 13.2 Å². The predicted molar refractivity (Wildman–Crippen MR) is 43.1 cm³/mol. The third-order valence-electron chi connectivity index (χ3n) is 1.63. The SMILES string of the molecule is O=P1(Cl)OCC2OP(F)OCC2O1. The number of hydrogen-bond donors (Lipinski definition) is 0. The summed E-state index contributed by atoms with van der Waals surface area (Å²) in [5.74, 6) is 0. The molecular weight excluding hydrogens is 244 g/mol. The molecule has 0 aliphatic carbocycles. The second-order valence-electron chi connectivity index (χ2n) is 2.52. The average Bonchev–Trinajstić information content (AvgIpc) is 2.05. The van der Waals surface area contributed by atoms with Crippen LogP contribution in [0.15, 0.2) is 0 Å². The van der Waals surface area contributed by atoms with E-state index < -0.39 is 27.8 Å². The van der Waals surface area contributed by atoms with Gasteiger partial charge >= 0.3 is 15.6 Å². The third kappa shape index (κ3) is 2.39. The van der Waals surface area contributed by atoms with Crippen molar-refractivity contribution in [3.8, 4) is 0 Å². The van der Waals surface area contributed by atoms with Crippen molar-refractivity contribution in [1.82, 2.24) is 0 Å². The van der Waals surface area contributed by atoms with Crippen LogP contribution in [0.25, 0.3) is 0 Å². The highest BCUT2D eigenvalue weighted by atomic mass is 35.7. The molecule has 0 aromatic carbocycles. The molecule has 0 bridgehead atoms. The van der Waals surface area contributed by atoms with Gasteiger partial charge in [0.15, 0.2) is 0 Å². The monoisotopic (exact) mass is 250 g/mol. The Kier molecular flexibility index (Phi) is 2.92. The van der Waals surface area contributed by atoms with Gasteiger partial charge in [-0.25, -0.2) is 4.57 Å². The molecule has 4 unspecified atom stereocenters. The molecule has 76 valence electrons. The molecule has 2 aliphatic heterocycles. The summed E-state index contributed by atoms with van der Waals surface area (Å²) in [4.78, 5) is 0. The minimum atomic E-state index is -3.50. The highest BCUT2D eigenvalue weighted by Gasteiger charge is 2.44. The third-order valence-corrected chi connectivity index (χ3v) is 3.93. The predicted octanol–water partition coefficient (Wildman–Crippen LogP) is 2.36. The molecule has 2 heterocycles. The Morgan fingerprint density at radius 2 is 2.23 bits per heavy atom. The lowest BCUT2D eigenvalue weighted by molar-refractivity contribution is -0.0690. The molecule has 0 aromatic rings. The van der Waals surface area contributed by atoms with Crippen molar-refractivity contribution in [3.63, 3.8) is 0 Å². The zero-order valence-corrected chi connectivity index (χ0v) is 8.81. The number of fused-ring (bicyclic) bond motifs is 1. The summed E-state index contributed by atoms with van der Waals surface area (Å²) >= 11 is 5.34. The first-order valence-corrected chi connectivity index (χ1v) is 6.97. The van der Waals surface area contributed by atoms with E-state index in [2.05, 4.69) is 9.05 Å². The van der Waals surface area contributed by atoms with Gasteiger partial charge in [-0.3, -0.25) is 9.05 Å². The molecule has 2 saturated heterocycles. The number of halogens is 2. The molecule has 2 aliphatic rings. The van der Waals surface area contributed by atoms with Crippen LogP contribution in [-0.4, -0.2) is 25.4 Å². The standard InChI is InChI=1S/C4H6ClFO5P2/c5-13(7)9-2-3-4(11-13)1-8-12(6)10-3/h3-4H,1-2H2. The fourth-order valence-electron chi connectivity index (χ4n) is 1.03. The van der Waals surface area contributed by atoms with E-state index in [0.29, 0.717) is 0 Å². The van der Waals surface area contributed by atoms with E-state index >= 15 is 0 Å². The van der Waals surface area contributed by atoms with Gasteiger partial charge in [-0.2, -0.15) is 4.20 Å². The minimum Gasteiger partial charge on any atom is -0.306 e. The van der Waals surface area contributed by atoms with Gasteiger partial charge in [-0.05, 0) is 0 Å². The first-order valence-electron chi connectivity index (χ1n) is 3.45. The quantitative estimate of drug-likeness (QED) is 0.618. The van der Waals surface area contributed by atoms with Crippen LogP contribution in [0.4, 0.5) is 4.20 Å². The second kappa shape index (κ2) is 3.70. The van der Waals surface area contributed by atoms with Gasteiger partial charge in [0.1, 0.15) is 12.2 Å². The minimum absolute atomic E-state index is 0.00700. The van der Waals surface area contributed by atoms with Crippen LogP contribution < -0.4 is 0 Å². The Morgan fingerprint density at radius 3 is 3.00 bits per heavy atom. The summed E-state index contributed by atoms with van der Waals surface area (Å²) in [6, 6.07) is 0. The smallest absolute Gasteiger partial charge is 0.306 e. The largest absolute Gasteiger partial charge is 0.424 e. The summed E-state index contributed by atoms with van der Waals surface area (Å²) in [5, 5.41) is 0. The maximum atomic E-state index is 12.6. The highest BCUT2D eigenvalue weighted by molar-refractivity contribution is 7.81. The molecule has 0 N–H and O–H groups in total. The van der Waals surface area contributed by atoms with Crippen LogP contribution in [-0.2, 0) is 22.7 Å². The van der Waals surface area contributed by atoms with Crippen molar-refractivity contribution in [1.29, 1.82) is 0 Å². The summed E-state index contributed by atoms with van der Waals surface area (Å²) in [6.45, 7) is -3.54. The molecular formula is C4H6ClFO5P2. The zero-order valence-electron chi connectivity index (χ0n) is 6.26. The van der Waals surface area contributed by atoms with Gasteiger partial charge in [-0.1, -0.05) is 0 Å². The Bertz CT molecular complexity index is 253. The fourth-order valence-corrected chi connectivity index (χ4v) is 3.15. The first-order chi connectivity index (χ1) is 6.07. The van der Waals surface area contributed by atoms with Crippen molar-refractivity contribution >= 4 is 26.9 Å². The summed E-state index contributed by atoms with van der Waals surface area (Å²) < 4.78 is 42.4. The van der Waals surface area contributed by atoms with Crippen LogP contribution >= 0.6 is 26.9 Å². The first kappa shape index (κ1) is 10.2. The molecule has 0 spiro atoms. The molecule has 0 radical (unpaired) electrons. The topological polar surface area (TPSA) is 54.0 Å². The van der Waals surface area contributed by atoms with E-state index in [9.17, 15) is 8.76 Å². The molecule has 5 nitrogen and oxygen atoms in total. The molecule has 2 fully saturated rings. The summed E-state index contributed by atoms with van der Waals surface area (Å²) in [5.41, 5.74) is 0. The van der Waals surface area contributed by atoms with E-state index in [1.54, 1.807) is 0 Å².